The van der Waals surface area contributed by atoms with E-state index in [1.165, 1.54) is 11.0 Å². The van der Waals surface area contributed by atoms with Crippen LogP contribution in [0.4, 0.5) is 30.6 Å². The van der Waals surface area contributed by atoms with E-state index in [-0.39, 0.29) is 30.2 Å². The molecule has 0 aliphatic carbocycles. The number of nitrogens with zero attached hydrogens (tertiary/aromatic N) is 4. The Labute approximate surface area is 285 Å². The average Bonchev–Trinajstić information content (AvgIpc) is 3.08. The largest absolute Gasteiger partial charge is 0.473 e. The van der Waals surface area contributed by atoms with Crippen molar-refractivity contribution in [3.8, 4) is 11.8 Å². The van der Waals surface area contributed by atoms with E-state index in [1.807, 2.05) is 60.7 Å². The van der Waals surface area contributed by atoms with Crippen molar-refractivity contribution in [1.82, 2.24) is 9.88 Å². The first-order valence-corrected chi connectivity index (χ1v) is 15.8. The van der Waals surface area contributed by atoms with Crippen LogP contribution in [0, 0.1) is 0 Å². The van der Waals surface area contributed by atoms with Crippen LogP contribution in [0.2, 0.25) is 0 Å². The van der Waals surface area contributed by atoms with Gasteiger partial charge < -0.3 is 24.0 Å². The third kappa shape index (κ3) is 8.72. The zero-order valence-electron chi connectivity index (χ0n) is 28.2. The predicted octanol–water partition coefficient (Wildman–Crippen LogP) is 7.87. The molecule has 0 saturated heterocycles. The summed E-state index contributed by atoms with van der Waals surface area (Å²) in [4.78, 5) is 33.3. The van der Waals surface area contributed by atoms with Gasteiger partial charge in [0, 0.05) is 32.3 Å². The molecule has 0 atom stereocenters. The number of aromatic nitrogens is 1. The highest BCUT2D eigenvalue weighted by Crippen LogP contribution is 2.42. The van der Waals surface area contributed by atoms with Gasteiger partial charge >= 0.3 is 6.09 Å². The van der Waals surface area contributed by atoms with Crippen molar-refractivity contribution in [2.45, 2.75) is 45.5 Å². The molecule has 0 saturated carbocycles. The molecule has 2 amide bonds. The van der Waals surface area contributed by atoms with Crippen LogP contribution in [0.3, 0.4) is 0 Å². The third-order valence-electron chi connectivity index (χ3n) is 7.76. The van der Waals surface area contributed by atoms with Gasteiger partial charge in [-0.1, -0.05) is 72.8 Å². The summed E-state index contributed by atoms with van der Waals surface area (Å²) >= 11 is 0. The van der Waals surface area contributed by atoms with Crippen molar-refractivity contribution < 1.29 is 32.6 Å². The fourth-order valence-corrected chi connectivity index (χ4v) is 5.29. The average molecular weight is 671 g/mol. The fourth-order valence-electron chi connectivity index (χ4n) is 5.29. The van der Waals surface area contributed by atoms with E-state index in [1.54, 1.807) is 70.1 Å². The Morgan fingerprint density at radius 2 is 1.49 bits per heavy atom. The van der Waals surface area contributed by atoms with Gasteiger partial charge in [0.05, 0.1) is 17.9 Å². The maximum absolute atomic E-state index is 15.6. The summed E-state index contributed by atoms with van der Waals surface area (Å²) < 4.78 is 48.7. The molecular weight excluding hydrogens is 630 g/mol. The Balaban J connectivity index is 1.46. The number of carbonyl (C=O) groups is 2. The summed E-state index contributed by atoms with van der Waals surface area (Å²) in [5.74, 6) is -2.72. The van der Waals surface area contributed by atoms with E-state index < -0.39 is 24.2 Å². The Hall–Kier alpha value is -5.45. The molecule has 3 aromatic carbocycles. The minimum Gasteiger partial charge on any atom is -0.473 e. The van der Waals surface area contributed by atoms with Crippen molar-refractivity contribution in [3.63, 3.8) is 0 Å². The molecule has 0 unspecified atom stereocenters. The van der Waals surface area contributed by atoms with E-state index in [2.05, 4.69) is 4.98 Å². The number of benzene rings is 3. The summed E-state index contributed by atoms with van der Waals surface area (Å²) in [5, 5.41) is 0. The Bertz CT molecular complexity index is 1800. The molecule has 256 valence electrons. The quantitative estimate of drug-likeness (QED) is 0.150. The third-order valence-corrected chi connectivity index (χ3v) is 7.76. The lowest BCUT2D eigenvalue weighted by Gasteiger charge is -2.34. The molecule has 5 rings (SSSR count). The van der Waals surface area contributed by atoms with Gasteiger partial charge in [0.15, 0.2) is 0 Å². The van der Waals surface area contributed by atoms with Crippen LogP contribution in [0.5, 0.6) is 11.8 Å². The second-order valence-electron chi connectivity index (χ2n) is 12.7. The molecule has 1 aliphatic heterocycles. The smallest absolute Gasteiger partial charge is 0.410 e. The van der Waals surface area contributed by atoms with Gasteiger partial charge in [0.2, 0.25) is 18.2 Å². The first kappa shape index (κ1) is 34.9. The highest BCUT2D eigenvalue weighted by molar-refractivity contribution is 5.89. The molecule has 4 aromatic rings. The zero-order chi connectivity index (χ0) is 35.2. The summed E-state index contributed by atoms with van der Waals surface area (Å²) in [5.41, 5.74) is 2.56. The predicted molar refractivity (Wildman–Crippen MR) is 185 cm³/mol. The lowest BCUT2D eigenvalue weighted by Crippen LogP contribution is -2.46. The summed E-state index contributed by atoms with van der Waals surface area (Å²) in [6.07, 6.45) is 1.13. The minimum atomic E-state index is -3.36. The maximum atomic E-state index is 15.6. The van der Waals surface area contributed by atoms with Gasteiger partial charge in [-0.25, -0.2) is 4.79 Å². The first-order chi connectivity index (χ1) is 23.3. The van der Waals surface area contributed by atoms with E-state index in [0.717, 1.165) is 16.0 Å². The lowest BCUT2D eigenvalue weighted by molar-refractivity contribution is -0.107. The maximum Gasteiger partial charge on any atom is 0.410 e. The summed E-state index contributed by atoms with van der Waals surface area (Å²) in [7, 11) is 3.33. The van der Waals surface area contributed by atoms with Crippen LogP contribution in [-0.2, 0) is 22.7 Å². The second-order valence-corrected chi connectivity index (χ2v) is 12.7. The van der Waals surface area contributed by atoms with Crippen LogP contribution in [0.15, 0.2) is 97.1 Å². The van der Waals surface area contributed by atoms with Crippen molar-refractivity contribution in [2.24, 2.45) is 0 Å². The molecule has 1 aromatic heterocycles. The van der Waals surface area contributed by atoms with Crippen LogP contribution in [0.25, 0.3) is 5.57 Å². The highest BCUT2D eigenvalue weighted by Gasteiger charge is 2.42. The first-order valence-electron chi connectivity index (χ1n) is 15.8. The zero-order valence-corrected chi connectivity index (χ0v) is 28.2. The van der Waals surface area contributed by atoms with E-state index in [4.69, 9.17) is 14.2 Å². The van der Waals surface area contributed by atoms with Crippen molar-refractivity contribution >= 4 is 35.1 Å². The number of anilines is 3. The molecule has 0 spiro atoms. The van der Waals surface area contributed by atoms with Crippen LogP contribution < -0.4 is 19.3 Å². The van der Waals surface area contributed by atoms with Crippen molar-refractivity contribution in [2.75, 3.05) is 37.0 Å². The van der Waals surface area contributed by atoms with Gasteiger partial charge in [0.1, 0.15) is 24.5 Å². The van der Waals surface area contributed by atoms with Gasteiger partial charge in [-0.15, -0.1) is 0 Å². The van der Waals surface area contributed by atoms with Gasteiger partial charge in [0.25, 0.3) is 5.92 Å². The number of rotatable bonds is 11. The molecule has 2 heterocycles. The van der Waals surface area contributed by atoms with Gasteiger partial charge in [-0.2, -0.15) is 13.8 Å². The molecule has 0 N–H and O–H groups in total. The Morgan fingerprint density at radius 3 is 2.08 bits per heavy atom. The standard InChI is InChI=1S/C38H40F2N4O5/c1-37(2,3)49-36(46)44-21-20-30(38(39,40)25-44)29-16-17-31(33(22-29)42(4)26-45)43(5)32-18-19-34(47-23-27-12-8-6-9-13-27)41-35(32)48-24-28-14-10-7-11-15-28/h6-20,22,26H,21,23-25H2,1-5H3. The fraction of sp³-hybridized carbons (Fsp3) is 0.289. The molecule has 1 aliphatic rings. The number of alkyl halides is 2. The monoisotopic (exact) mass is 670 g/mol. The van der Waals surface area contributed by atoms with E-state index in [9.17, 15) is 9.59 Å². The number of hydrogen-bond donors (Lipinski definition) is 0. The molecule has 0 fully saturated rings. The van der Waals surface area contributed by atoms with Crippen LogP contribution in [-0.4, -0.2) is 61.1 Å². The molecule has 0 bridgehead atoms. The molecule has 11 heteroatoms. The van der Waals surface area contributed by atoms with Gasteiger partial charge in [-0.3, -0.25) is 9.69 Å². The van der Waals surface area contributed by atoms with Crippen LogP contribution in [0.1, 0.15) is 37.5 Å². The molecular formula is C38H40F2N4O5. The van der Waals surface area contributed by atoms with E-state index >= 15 is 8.78 Å². The SMILES string of the molecule is CN(C=O)c1cc(C2=CCN(C(=O)OC(C)(C)C)CC2(F)F)ccc1N(C)c1ccc(OCc2ccccc2)nc1OCc1ccccc1. The topological polar surface area (TPSA) is 84.4 Å². The minimum absolute atomic E-state index is 0.0488. The number of amides is 2. The normalized spacial score (nSPS) is 14.0. The number of hydrogen-bond acceptors (Lipinski definition) is 7. The second kappa shape index (κ2) is 14.8. The molecule has 0 radical (unpaired) electrons. The lowest BCUT2D eigenvalue weighted by atomic mass is 9.95. The number of pyridine rings is 1. The van der Waals surface area contributed by atoms with Gasteiger partial charge in [-0.05, 0) is 55.7 Å². The number of halogens is 2. The Morgan fingerprint density at radius 1 is 0.878 bits per heavy atom. The highest BCUT2D eigenvalue weighted by atomic mass is 19.3. The van der Waals surface area contributed by atoms with Crippen molar-refractivity contribution in [3.05, 3.63) is 114 Å². The Kier molecular flexibility index (Phi) is 10.5. The number of ether oxygens (including phenoxy) is 3. The summed E-state index contributed by atoms with van der Waals surface area (Å²) in [6.45, 7) is 4.71. The molecule has 9 nitrogen and oxygen atoms in total. The van der Waals surface area contributed by atoms with E-state index in [0.29, 0.717) is 36.0 Å². The number of carbonyl (C=O) groups excluding carboxylic acids is 2. The van der Waals surface area contributed by atoms with Crippen LogP contribution >= 0.6 is 0 Å². The summed E-state index contributed by atoms with van der Waals surface area (Å²) in [6, 6.07) is 27.7. The molecule has 49 heavy (non-hydrogen) atoms. The van der Waals surface area contributed by atoms with Crippen molar-refractivity contribution in [1.29, 1.82) is 0 Å².